The molecule has 2 aromatic rings. The summed E-state index contributed by atoms with van der Waals surface area (Å²) in [5, 5.41) is 16.5. The maximum Gasteiger partial charge on any atom is 0.139 e. The second-order valence-electron chi connectivity index (χ2n) is 2.50. The molecule has 0 spiro atoms. The Kier molecular flexibility index (Phi) is 1.70. The Morgan fingerprint density at radius 3 is 2.62 bits per heavy atom. The first-order chi connectivity index (χ1) is 6.27. The number of hydrogen-bond donors (Lipinski definition) is 1. The van der Waals surface area contributed by atoms with Crippen molar-refractivity contribution in [2.75, 3.05) is 0 Å². The van der Waals surface area contributed by atoms with Gasteiger partial charge >= 0.3 is 0 Å². The van der Waals surface area contributed by atoms with Gasteiger partial charge in [-0.15, -0.1) is 10.2 Å². The van der Waals surface area contributed by atoms with Gasteiger partial charge in [0.2, 0.25) is 0 Å². The lowest BCUT2D eigenvalue weighted by Gasteiger charge is -2.03. The molecule has 0 aliphatic heterocycles. The van der Waals surface area contributed by atoms with Gasteiger partial charge in [-0.3, -0.25) is 4.57 Å². The summed E-state index contributed by atoms with van der Waals surface area (Å²) in [6.07, 6.45) is 2.77. The zero-order valence-corrected chi connectivity index (χ0v) is 6.55. The fraction of sp³-hybridized carbons (Fsp3) is 0. The second kappa shape index (κ2) is 2.85. The predicted molar refractivity (Wildman–Crippen MR) is 43.0 cm³/mol. The van der Waals surface area contributed by atoms with Crippen molar-refractivity contribution in [3.05, 3.63) is 36.7 Å². The maximum absolute atomic E-state index is 12.8. The van der Waals surface area contributed by atoms with Crippen molar-refractivity contribution in [1.82, 2.24) is 14.8 Å². The molecule has 0 bridgehead atoms. The minimum Gasteiger partial charge on any atom is -0.506 e. The van der Waals surface area contributed by atoms with Crippen LogP contribution in [0.1, 0.15) is 0 Å². The molecule has 5 heteroatoms. The van der Waals surface area contributed by atoms with E-state index in [2.05, 4.69) is 10.2 Å². The Balaban J connectivity index is 2.57. The highest BCUT2D eigenvalue weighted by Crippen LogP contribution is 2.21. The number of rotatable bonds is 1. The summed E-state index contributed by atoms with van der Waals surface area (Å²) in [6, 6.07) is 3.67. The van der Waals surface area contributed by atoms with Crippen LogP contribution in [0.25, 0.3) is 5.69 Å². The van der Waals surface area contributed by atoms with E-state index in [9.17, 15) is 9.50 Å². The third kappa shape index (κ3) is 1.35. The first kappa shape index (κ1) is 7.72. The topological polar surface area (TPSA) is 50.9 Å². The van der Waals surface area contributed by atoms with Crippen molar-refractivity contribution in [2.24, 2.45) is 0 Å². The number of benzene rings is 1. The van der Waals surface area contributed by atoms with Crippen LogP contribution in [0, 0.1) is 5.82 Å². The SMILES string of the molecule is Oc1ccc(F)cc1-n1cnnc1. The first-order valence-electron chi connectivity index (χ1n) is 3.61. The van der Waals surface area contributed by atoms with E-state index in [4.69, 9.17) is 0 Å². The molecule has 0 radical (unpaired) electrons. The molecule has 0 atom stereocenters. The van der Waals surface area contributed by atoms with Crippen LogP contribution in [-0.4, -0.2) is 19.9 Å². The highest BCUT2D eigenvalue weighted by molar-refractivity contribution is 5.45. The van der Waals surface area contributed by atoms with Gasteiger partial charge in [-0.05, 0) is 12.1 Å². The normalized spacial score (nSPS) is 10.2. The molecular weight excluding hydrogens is 173 g/mol. The van der Waals surface area contributed by atoms with Crippen molar-refractivity contribution in [3.8, 4) is 11.4 Å². The summed E-state index contributed by atoms with van der Waals surface area (Å²) >= 11 is 0. The van der Waals surface area contributed by atoms with Gasteiger partial charge in [0.1, 0.15) is 24.2 Å². The van der Waals surface area contributed by atoms with Crippen molar-refractivity contribution in [2.45, 2.75) is 0 Å². The summed E-state index contributed by atoms with van der Waals surface area (Å²) in [7, 11) is 0. The van der Waals surface area contributed by atoms with Gasteiger partial charge in [0, 0.05) is 6.07 Å². The van der Waals surface area contributed by atoms with Crippen LogP contribution in [0.5, 0.6) is 5.75 Å². The van der Waals surface area contributed by atoms with E-state index < -0.39 is 5.82 Å². The number of phenols is 1. The fourth-order valence-corrected chi connectivity index (χ4v) is 1.03. The lowest BCUT2D eigenvalue weighted by atomic mass is 10.3. The minimum atomic E-state index is -0.415. The highest BCUT2D eigenvalue weighted by Gasteiger charge is 2.04. The monoisotopic (exact) mass is 179 g/mol. The predicted octanol–water partition coefficient (Wildman–Crippen LogP) is 1.11. The van der Waals surface area contributed by atoms with Crippen LogP contribution in [0.3, 0.4) is 0 Å². The van der Waals surface area contributed by atoms with Crippen LogP contribution in [0.15, 0.2) is 30.9 Å². The van der Waals surface area contributed by atoms with Gasteiger partial charge in [0.15, 0.2) is 0 Å². The molecular formula is C8H6FN3O. The Bertz CT molecular complexity index is 413. The smallest absolute Gasteiger partial charge is 0.139 e. The molecule has 2 rings (SSSR count). The molecule has 1 N–H and O–H groups in total. The zero-order valence-electron chi connectivity index (χ0n) is 6.55. The van der Waals surface area contributed by atoms with Crippen LogP contribution in [0.4, 0.5) is 4.39 Å². The molecule has 0 unspecified atom stereocenters. The van der Waals surface area contributed by atoms with Gasteiger partial charge in [-0.25, -0.2) is 4.39 Å². The standard InChI is InChI=1S/C8H6FN3O/c9-6-1-2-8(13)7(3-6)12-4-10-11-5-12/h1-5,13H. The number of aromatic nitrogens is 3. The summed E-state index contributed by atoms with van der Waals surface area (Å²) < 4.78 is 14.2. The summed E-state index contributed by atoms with van der Waals surface area (Å²) in [5.41, 5.74) is 0.324. The van der Waals surface area contributed by atoms with E-state index in [1.54, 1.807) is 0 Å². The summed E-state index contributed by atoms with van der Waals surface area (Å²) in [6.45, 7) is 0. The molecule has 0 saturated carbocycles. The van der Waals surface area contributed by atoms with E-state index in [0.29, 0.717) is 5.69 Å². The average Bonchev–Trinajstić information content (AvgIpc) is 2.61. The molecule has 0 amide bonds. The Hall–Kier alpha value is -1.91. The first-order valence-corrected chi connectivity index (χ1v) is 3.61. The number of phenolic OH excluding ortho intramolecular Hbond substituents is 1. The van der Waals surface area contributed by atoms with Crippen molar-refractivity contribution in [1.29, 1.82) is 0 Å². The van der Waals surface area contributed by atoms with E-state index in [1.807, 2.05) is 0 Å². The van der Waals surface area contributed by atoms with E-state index >= 15 is 0 Å². The Morgan fingerprint density at radius 1 is 1.23 bits per heavy atom. The van der Waals surface area contributed by atoms with Gasteiger partial charge in [0.05, 0.1) is 5.69 Å². The molecule has 0 fully saturated rings. The average molecular weight is 179 g/mol. The number of nitrogens with zero attached hydrogens (tertiary/aromatic N) is 3. The van der Waals surface area contributed by atoms with Gasteiger partial charge in [-0.2, -0.15) is 0 Å². The second-order valence-corrected chi connectivity index (χ2v) is 2.50. The molecule has 66 valence electrons. The van der Waals surface area contributed by atoms with Crippen LogP contribution < -0.4 is 0 Å². The maximum atomic E-state index is 12.8. The zero-order chi connectivity index (χ0) is 9.26. The lowest BCUT2D eigenvalue weighted by Crippen LogP contribution is -1.91. The van der Waals surface area contributed by atoms with Crippen LogP contribution in [-0.2, 0) is 0 Å². The third-order valence-corrected chi connectivity index (χ3v) is 1.63. The van der Waals surface area contributed by atoms with Gasteiger partial charge < -0.3 is 5.11 Å². The molecule has 1 heterocycles. The number of halogens is 1. The van der Waals surface area contributed by atoms with Crippen molar-refractivity contribution in [3.63, 3.8) is 0 Å². The van der Waals surface area contributed by atoms with Crippen LogP contribution in [0.2, 0.25) is 0 Å². The largest absolute Gasteiger partial charge is 0.506 e. The summed E-state index contributed by atoms with van der Waals surface area (Å²) in [4.78, 5) is 0. The fourth-order valence-electron chi connectivity index (χ4n) is 1.03. The van der Waals surface area contributed by atoms with E-state index in [0.717, 1.165) is 0 Å². The molecule has 13 heavy (non-hydrogen) atoms. The summed E-state index contributed by atoms with van der Waals surface area (Å²) in [5.74, 6) is -0.428. The number of aromatic hydroxyl groups is 1. The third-order valence-electron chi connectivity index (χ3n) is 1.63. The Morgan fingerprint density at radius 2 is 1.92 bits per heavy atom. The molecule has 0 aliphatic carbocycles. The quantitative estimate of drug-likeness (QED) is 0.713. The van der Waals surface area contributed by atoms with E-state index in [-0.39, 0.29) is 5.75 Å². The van der Waals surface area contributed by atoms with Crippen molar-refractivity contribution < 1.29 is 9.50 Å². The highest BCUT2D eigenvalue weighted by atomic mass is 19.1. The van der Waals surface area contributed by atoms with Crippen molar-refractivity contribution >= 4 is 0 Å². The van der Waals surface area contributed by atoms with E-state index in [1.165, 1.54) is 35.4 Å². The van der Waals surface area contributed by atoms with Gasteiger partial charge in [-0.1, -0.05) is 0 Å². The Labute approximate surface area is 73.3 Å². The van der Waals surface area contributed by atoms with Crippen LogP contribution >= 0.6 is 0 Å². The molecule has 0 saturated heterocycles. The molecule has 4 nitrogen and oxygen atoms in total. The number of hydrogen-bond acceptors (Lipinski definition) is 3. The van der Waals surface area contributed by atoms with Gasteiger partial charge in [0.25, 0.3) is 0 Å². The lowest BCUT2D eigenvalue weighted by molar-refractivity contribution is 0.470. The molecule has 0 aliphatic rings. The minimum absolute atomic E-state index is 0.0128. The molecule has 1 aromatic carbocycles. The molecule has 1 aromatic heterocycles.